The van der Waals surface area contributed by atoms with Crippen molar-refractivity contribution < 1.29 is 18.0 Å². The maximum Gasteiger partial charge on any atom is 0.392 e. The number of hydrogen-bond acceptors (Lipinski definition) is 2. The van der Waals surface area contributed by atoms with Crippen LogP contribution in [0.3, 0.4) is 0 Å². The molecule has 0 bridgehead atoms. The molecule has 134 valence electrons. The molecule has 0 aromatic carbocycles. The van der Waals surface area contributed by atoms with Crippen LogP contribution in [0.2, 0.25) is 0 Å². The lowest BCUT2D eigenvalue weighted by Crippen LogP contribution is -2.48. The summed E-state index contributed by atoms with van der Waals surface area (Å²) in [7, 11) is 0. The Kier molecular flexibility index (Phi) is 4.88. The van der Waals surface area contributed by atoms with Crippen molar-refractivity contribution in [2.45, 2.75) is 57.7 Å². The molecule has 2 aliphatic rings. The number of halogens is 3. The molecule has 2 heterocycles. The second-order valence-corrected chi connectivity index (χ2v) is 7.12. The zero-order chi connectivity index (χ0) is 17.3. The van der Waals surface area contributed by atoms with Gasteiger partial charge in [-0.3, -0.25) is 9.48 Å². The van der Waals surface area contributed by atoms with E-state index in [-0.39, 0.29) is 18.4 Å². The first-order valence-corrected chi connectivity index (χ1v) is 8.72. The summed E-state index contributed by atoms with van der Waals surface area (Å²) < 4.78 is 41.7. The number of alkyl halides is 3. The molecule has 3 atom stereocenters. The van der Waals surface area contributed by atoms with Gasteiger partial charge in [0.25, 0.3) is 0 Å². The highest BCUT2D eigenvalue weighted by atomic mass is 19.4. The van der Waals surface area contributed by atoms with Gasteiger partial charge in [0.05, 0.1) is 18.2 Å². The van der Waals surface area contributed by atoms with Crippen molar-refractivity contribution in [1.29, 1.82) is 0 Å². The first kappa shape index (κ1) is 17.3. The van der Waals surface area contributed by atoms with Gasteiger partial charge >= 0.3 is 6.18 Å². The summed E-state index contributed by atoms with van der Waals surface area (Å²) in [4.78, 5) is 14.4. The van der Waals surface area contributed by atoms with Crippen molar-refractivity contribution in [3.8, 4) is 0 Å². The summed E-state index contributed by atoms with van der Waals surface area (Å²) in [6.45, 7) is 2.96. The predicted molar refractivity (Wildman–Crippen MR) is 83.3 cm³/mol. The number of carbonyl (C=O) groups is 1. The second-order valence-electron chi connectivity index (χ2n) is 7.12. The van der Waals surface area contributed by atoms with Crippen LogP contribution in [0.5, 0.6) is 0 Å². The molecule has 2 fully saturated rings. The van der Waals surface area contributed by atoms with E-state index in [0.717, 1.165) is 18.4 Å². The average molecular weight is 343 g/mol. The molecule has 1 aromatic heterocycles. The average Bonchev–Trinajstić information content (AvgIpc) is 3.00. The topological polar surface area (TPSA) is 38.1 Å². The number of hydrogen-bond donors (Lipinski definition) is 0. The molecule has 1 amide bonds. The zero-order valence-corrected chi connectivity index (χ0v) is 13.9. The van der Waals surface area contributed by atoms with Crippen molar-refractivity contribution in [2.24, 2.45) is 11.8 Å². The second kappa shape index (κ2) is 6.76. The SMILES string of the molecule is Cc1cnn([C@@H]2CCCN(C(=O)[C@H]3CCCC[C@H]3C(F)(F)F)C2)c1. The Labute approximate surface area is 140 Å². The van der Waals surface area contributed by atoms with E-state index in [2.05, 4.69) is 5.10 Å². The highest BCUT2D eigenvalue weighted by Gasteiger charge is 2.49. The molecular weight excluding hydrogens is 319 g/mol. The highest BCUT2D eigenvalue weighted by molar-refractivity contribution is 5.79. The number of nitrogens with zero attached hydrogens (tertiary/aromatic N) is 3. The lowest BCUT2D eigenvalue weighted by atomic mass is 9.77. The number of aromatic nitrogens is 2. The fourth-order valence-electron chi connectivity index (χ4n) is 4.06. The van der Waals surface area contributed by atoms with E-state index in [1.807, 2.05) is 17.8 Å². The normalized spacial score (nSPS) is 28.8. The molecule has 1 saturated carbocycles. The Morgan fingerprint density at radius 2 is 1.96 bits per heavy atom. The molecular formula is C17H24F3N3O. The first-order chi connectivity index (χ1) is 11.4. The van der Waals surface area contributed by atoms with E-state index in [1.54, 1.807) is 11.1 Å². The highest BCUT2D eigenvalue weighted by Crippen LogP contribution is 2.42. The van der Waals surface area contributed by atoms with Crippen molar-refractivity contribution >= 4 is 5.91 Å². The summed E-state index contributed by atoms with van der Waals surface area (Å²) in [6, 6.07) is 0.0596. The Bertz CT molecular complexity index is 584. The summed E-state index contributed by atoms with van der Waals surface area (Å²) in [5, 5.41) is 4.30. The first-order valence-electron chi connectivity index (χ1n) is 8.72. The zero-order valence-electron chi connectivity index (χ0n) is 13.9. The molecule has 1 aliphatic carbocycles. The van der Waals surface area contributed by atoms with Crippen molar-refractivity contribution in [3.05, 3.63) is 18.0 Å². The lowest BCUT2D eigenvalue weighted by molar-refractivity contribution is -0.201. The number of rotatable bonds is 2. The van der Waals surface area contributed by atoms with Gasteiger partial charge in [0.2, 0.25) is 5.91 Å². The minimum absolute atomic E-state index is 0.0596. The standard InChI is InChI=1S/C17H24F3N3O/c1-12-9-21-23(10-12)13-5-4-8-22(11-13)16(24)14-6-2-3-7-15(14)17(18,19)20/h9-10,13-15H,2-8,11H2,1H3/t13-,14+,15-/m1/s1. The third kappa shape index (κ3) is 3.59. The van der Waals surface area contributed by atoms with Gasteiger partial charge in [-0.05, 0) is 38.2 Å². The van der Waals surface area contributed by atoms with E-state index in [0.29, 0.717) is 32.4 Å². The smallest absolute Gasteiger partial charge is 0.340 e. The fourth-order valence-corrected chi connectivity index (χ4v) is 4.06. The van der Waals surface area contributed by atoms with E-state index >= 15 is 0 Å². The maximum absolute atomic E-state index is 13.3. The van der Waals surface area contributed by atoms with Gasteiger partial charge in [-0.15, -0.1) is 0 Å². The monoisotopic (exact) mass is 343 g/mol. The molecule has 3 rings (SSSR count). The van der Waals surface area contributed by atoms with Crippen LogP contribution in [0.25, 0.3) is 0 Å². The third-order valence-corrected chi connectivity index (χ3v) is 5.32. The molecule has 1 aliphatic heterocycles. The number of amides is 1. The molecule has 7 heteroatoms. The van der Waals surface area contributed by atoms with Crippen LogP contribution in [0.4, 0.5) is 13.2 Å². The van der Waals surface area contributed by atoms with Crippen molar-refractivity contribution in [3.63, 3.8) is 0 Å². The van der Waals surface area contributed by atoms with Gasteiger partial charge in [0.15, 0.2) is 0 Å². The Balaban J connectivity index is 1.71. The van der Waals surface area contributed by atoms with Gasteiger partial charge < -0.3 is 4.90 Å². The van der Waals surface area contributed by atoms with Crippen LogP contribution < -0.4 is 0 Å². The number of carbonyl (C=O) groups excluding carboxylic acids is 1. The van der Waals surface area contributed by atoms with Crippen LogP contribution in [-0.4, -0.2) is 39.9 Å². The Hall–Kier alpha value is -1.53. The van der Waals surface area contributed by atoms with E-state index in [1.165, 1.54) is 0 Å². The minimum atomic E-state index is -4.28. The molecule has 0 spiro atoms. The van der Waals surface area contributed by atoms with Gasteiger partial charge in [0, 0.05) is 25.2 Å². The van der Waals surface area contributed by atoms with Crippen LogP contribution in [0.1, 0.15) is 50.1 Å². The molecule has 1 aromatic rings. The minimum Gasteiger partial charge on any atom is -0.340 e. The summed E-state index contributed by atoms with van der Waals surface area (Å²) in [6.07, 6.45) is 2.81. The number of likely N-dealkylation sites (tertiary alicyclic amines) is 1. The predicted octanol–water partition coefficient (Wildman–Crippen LogP) is 3.72. The molecule has 1 saturated heterocycles. The fraction of sp³-hybridized carbons (Fsp3) is 0.765. The maximum atomic E-state index is 13.3. The van der Waals surface area contributed by atoms with Gasteiger partial charge in [-0.1, -0.05) is 12.8 Å². The largest absolute Gasteiger partial charge is 0.392 e. The van der Waals surface area contributed by atoms with Gasteiger partial charge in [-0.2, -0.15) is 18.3 Å². The molecule has 0 unspecified atom stereocenters. The molecule has 24 heavy (non-hydrogen) atoms. The van der Waals surface area contributed by atoms with E-state index in [9.17, 15) is 18.0 Å². The Morgan fingerprint density at radius 3 is 2.62 bits per heavy atom. The van der Waals surface area contributed by atoms with Crippen molar-refractivity contribution in [2.75, 3.05) is 13.1 Å². The lowest BCUT2D eigenvalue weighted by Gasteiger charge is -2.39. The van der Waals surface area contributed by atoms with Crippen LogP contribution in [-0.2, 0) is 4.79 Å². The van der Waals surface area contributed by atoms with E-state index in [4.69, 9.17) is 0 Å². The van der Waals surface area contributed by atoms with Gasteiger partial charge in [-0.25, -0.2) is 0 Å². The van der Waals surface area contributed by atoms with Crippen LogP contribution >= 0.6 is 0 Å². The Morgan fingerprint density at radius 1 is 1.21 bits per heavy atom. The number of piperidine rings is 1. The summed E-state index contributed by atoms with van der Waals surface area (Å²) in [5.41, 5.74) is 1.04. The molecule has 0 radical (unpaired) electrons. The van der Waals surface area contributed by atoms with Gasteiger partial charge in [0.1, 0.15) is 0 Å². The van der Waals surface area contributed by atoms with E-state index < -0.39 is 18.0 Å². The summed E-state index contributed by atoms with van der Waals surface area (Å²) in [5.74, 6) is -2.70. The number of aryl methyl sites for hydroxylation is 1. The summed E-state index contributed by atoms with van der Waals surface area (Å²) >= 11 is 0. The molecule has 0 N–H and O–H groups in total. The van der Waals surface area contributed by atoms with Crippen LogP contribution in [0, 0.1) is 18.8 Å². The van der Waals surface area contributed by atoms with Crippen molar-refractivity contribution in [1.82, 2.24) is 14.7 Å². The van der Waals surface area contributed by atoms with Crippen LogP contribution in [0.15, 0.2) is 12.4 Å². The molecule has 4 nitrogen and oxygen atoms in total. The quantitative estimate of drug-likeness (QED) is 0.821. The third-order valence-electron chi connectivity index (χ3n) is 5.32.